The maximum atomic E-state index is 13.4. The summed E-state index contributed by atoms with van der Waals surface area (Å²) in [6, 6.07) is 3.41. The number of hydrogen-bond acceptors (Lipinski definition) is 3. The molecular formula is C14H15F2N3O. The number of fused-ring (bicyclic) bond motifs is 1. The van der Waals surface area contributed by atoms with E-state index in [1.165, 1.54) is 12.1 Å². The Morgan fingerprint density at radius 1 is 1.25 bits per heavy atom. The number of aromatic nitrogens is 2. The van der Waals surface area contributed by atoms with Crippen LogP contribution in [-0.4, -0.2) is 28.0 Å². The van der Waals surface area contributed by atoms with E-state index in [1.807, 2.05) is 0 Å². The Balaban J connectivity index is 2.13. The number of halogens is 2. The normalized spacial score (nSPS) is 14.3. The molecule has 0 saturated heterocycles. The average molecular weight is 279 g/mol. The molecule has 0 spiro atoms. The molecule has 0 saturated carbocycles. The van der Waals surface area contributed by atoms with Crippen molar-refractivity contribution in [2.45, 2.75) is 19.5 Å². The summed E-state index contributed by atoms with van der Waals surface area (Å²) in [6.45, 7) is 1.83. The average Bonchev–Trinajstić information content (AvgIpc) is 2.78. The van der Waals surface area contributed by atoms with Crippen LogP contribution in [0.15, 0.2) is 18.2 Å². The van der Waals surface area contributed by atoms with Gasteiger partial charge in [-0.15, -0.1) is 0 Å². The summed E-state index contributed by atoms with van der Waals surface area (Å²) in [5.41, 5.74) is 2.99. The SMILES string of the molecule is OCCn1nc(-c2cc(F)cc(F)c2)c2c1CCNC2. The molecule has 4 nitrogen and oxygen atoms in total. The van der Waals surface area contributed by atoms with Crippen LogP contribution >= 0.6 is 0 Å². The van der Waals surface area contributed by atoms with E-state index in [9.17, 15) is 8.78 Å². The van der Waals surface area contributed by atoms with E-state index in [4.69, 9.17) is 5.11 Å². The monoisotopic (exact) mass is 279 g/mol. The Labute approximate surface area is 115 Å². The molecule has 0 bridgehead atoms. The lowest BCUT2D eigenvalue weighted by atomic mass is 10.0. The second kappa shape index (κ2) is 5.30. The van der Waals surface area contributed by atoms with E-state index >= 15 is 0 Å². The van der Waals surface area contributed by atoms with Gasteiger partial charge in [0.25, 0.3) is 0 Å². The van der Waals surface area contributed by atoms with Gasteiger partial charge in [0.1, 0.15) is 11.6 Å². The molecule has 0 radical (unpaired) electrons. The third kappa shape index (κ3) is 2.32. The zero-order chi connectivity index (χ0) is 14.1. The number of aliphatic hydroxyl groups is 1. The second-order valence-corrected chi connectivity index (χ2v) is 4.81. The summed E-state index contributed by atoms with van der Waals surface area (Å²) >= 11 is 0. The number of nitrogens with zero attached hydrogens (tertiary/aromatic N) is 2. The van der Waals surface area contributed by atoms with Crippen molar-refractivity contribution in [3.05, 3.63) is 41.1 Å². The van der Waals surface area contributed by atoms with Crippen LogP contribution < -0.4 is 5.32 Å². The van der Waals surface area contributed by atoms with Gasteiger partial charge in [-0.2, -0.15) is 5.10 Å². The largest absolute Gasteiger partial charge is 0.394 e. The quantitative estimate of drug-likeness (QED) is 0.894. The van der Waals surface area contributed by atoms with E-state index in [0.717, 1.165) is 30.3 Å². The van der Waals surface area contributed by atoms with Crippen molar-refractivity contribution < 1.29 is 13.9 Å². The molecule has 1 aliphatic rings. The molecule has 106 valence electrons. The van der Waals surface area contributed by atoms with Gasteiger partial charge in [0, 0.05) is 42.4 Å². The molecule has 20 heavy (non-hydrogen) atoms. The van der Waals surface area contributed by atoms with Gasteiger partial charge in [0.05, 0.1) is 18.8 Å². The van der Waals surface area contributed by atoms with Gasteiger partial charge in [-0.25, -0.2) is 8.78 Å². The smallest absolute Gasteiger partial charge is 0.126 e. The van der Waals surface area contributed by atoms with E-state index in [2.05, 4.69) is 10.4 Å². The highest BCUT2D eigenvalue weighted by Crippen LogP contribution is 2.28. The van der Waals surface area contributed by atoms with Crippen molar-refractivity contribution in [1.29, 1.82) is 0 Å². The molecule has 1 aliphatic heterocycles. The van der Waals surface area contributed by atoms with Gasteiger partial charge >= 0.3 is 0 Å². The van der Waals surface area contributed by atoms with E-state index in [-0.39, 0.29) is 6.61 Å². The predicted octanol–water partition coefficient (Wildman–Crippen LogP) is 1.47. The van der Waals surface area contributed by atoms with Crippen molar-refractivity contribution in [3.8, 4) is 11.3 Å². The first kappa shape index (κ1) is 13.2. The van der Waals surface area contributed by atoms with Gasteiger partial charge < -0.3 is 10.4 Å². The minimum Gasteiger partial charge on any atom is -0.394 e. The summed E-state index contributed by atoms with van der Waals surface area (Å²) in [5.74, 6) is -1.23. The first-order valence-corrected chi connectivity index (χ1v) is 6.55. The number of rotatable bonds is 3. The van der Waals surface area contributed by atoms with Gasteiger partial charge in [0.15, 0.2) is 0 Å². The third-order valence-electron chi connectivity index (χ3n) is 3.45. The highest BCUT2D eigenvalue weighted by atomic mass is 19.1. The number of hydrogen-bond donors (Lipinski definition) is 2. The molecule has 0 fully saturated rings. The molecule has 0 aliphatic carbocycles. The fourth-order valence-corrected chi connectivity index (χ4v) is 2.62. The lowest BCUT2D eigenvalue weighted by molar-refractivity contribution is 0.267. The number of benzene rings is 1. The first-order chi connectivity index (χ1) is 9.69. The van der Waals surface area contributed by atoms with Gasteiger partial charge in [0.2, 0.25) is 0 Å². The molecule has 6 heteroatoms. The van der Waals surface area contributed by atoms with Crippen LogP contribution in [-0.2, 0) is 19.5 Å². The fraction of sp³-hybridized carbons (Fsp3) is 0.357. The van der Waals surface area contributed by atoms with Crippen molar-refractivity contribution in [2.24, 2.45) is 0 Å². The van der Waals surface area contributed by atoms with Crippen LogP contribution in [0.3, 0.4) is 0 Å². The third-order valence-corrected chi connectivity index (χ3v) is 3.45. The van der Waals surface area contributed by atoms with Crippen molar-refractivity contribution in [1.82, 2.24) is 15.1 Å². The summed E-state index contributed by atoms with van der Waals surface area (Å²) < 4.78 is 28.5. The minimum atomic E-state index is -0.616. The summed E-state index contributed by atoms with van der Waals surface area (Å²) in [5, 5.41) is 16.7. The molecule has 1 aromatic carbocycles. The second-order valence-electron chi connectivity index (χ2n) is 4.81. The Morgan fingerprint density at radius 2 is 2.00 bits per heavy atom. The minimum absolute atomic E-state index is 0.0154. The molecule has 0 amide bonds. The molecule has 0 atom stereocenters. The van der Waals surface area contributed by atoms with Gasteiger partial charge in [-0.1, -0.05) is 0 Å². The number of aliphatic hydroxyl groups excluding tert-OH is 1. The van der Waals surface area contributed by atoms with Gasteiger partial charge in [-0.3, -0.25) is 4.68 Å². The summed E-state index contributed by atoms with van der Waals surface area (Å²) in [6.07, 6.45) is 0.792. The van der Waals surface area contributed by atoms with Crippen LogP contribution in [0.1, 0.15) is 11.3 Å². The predicted molar refractivity (Wildman–Crippen MR) is 70.1 cm³/mol. The molecule has 0 unspecified atom stereocenters. The van der Waals surface area contributed by atoms with E-state index in [1.54, 1.807) is 4.68 Å². The Morgan fingerprint density at radius 3 is 2.70 bits per heavy atom. The van der Waals surface area contributed by atoms with Crippen molar-refractivity contribution in [3.63, 3.8) is 0 Å². The molecule has 3 rings (SSSR count). The lowest BCUT2D eigenvalue weighted by Crippen LogP contribution is -2.25. The molecule has 2 aromatic rings. The standard InChI is InChI=1S/C14H15F2N3O/c15-10-5-9(6-11(16)7-10)14-12-8-17-2-1-13(12)19(18-14)3-4-20/h5-7,17,20H,1-4,8H2. The molecule has 2 N–H and O–H groups in total. The lowest BCUT2D eigenvalue weighted by Gasteiger charge is -2.15. The molecule has 2 heterocycles. The zero-order valence-electron chi connectivity index (χ0n) is 10.9. The topological polar surface area (TPSA) is 50.1 Å². The summed E-state index contributed by atoms with van der Waals surface area (Å²) in [4.78, 5) is 0. The molecule has 1 aromatic heterocycles. The van der Waals surface area contributed by atoms with Crippen LogP contribution in [0.5, 0.6) is 0 Å². The Kier molecular flexibility index (Phi) is 3.50. The highest BCUT2D eigenvalue weighted by molar-refractivity contribution is 5.64. The maximum Gasteiger partial charge on any atom is 0.126 e. The van der Waals surface area contributed by atoms with Crippen LogP contribution in [0, 0.1) is 11.6 Å². The van der Waals surface area contributed by atoms with Crippen molar-refractivity contribution >= 4 is 0 Å². The Hall–Kier alpha value is -1.79. The highest BCUT2D eigenvalue weighted by Gasteiger charge is 2.21. The van der Waals surface area contributed by atoms with Crippen LogP contribution in [0.4, 0.5) is 8.78 Å². The fourth-order valence-electron chi connectivity index (χ4n) is 2.62. The van der Waals surface area contributed by atoms with Gasteiger partial charge in [-0.05, 0) is 12.1 Å². The Bertz CT molecular complexity index is 619. The summed E-state index contributed by atoms with van der Waals surface area (Å²) in [7, 11) is 0. The van der Waals surface area contributed by atoms with Crippen molar-refractivity contribution in [2.75, 3.05) is 13.2 Å². The van der Waals surface area contributed by atoms with Crippen LogP contribution in [0.25, 0.3) is 11.3 Å². The maximum absolute atomic E-state index is 13.4. The molecular weight excluding hydrogens is 264 g/mol. The zero-order valence-corrected chi connectivity index (χ0v) is 10.9. The van der Waals surface area contributed by atoms with E-state index < -0.39 is 11.6 Å². The van der Waals surface area contributed by atoms with E-state index in [0.29, 0.717) is 24.3 Å². The van der Waals surface area contributed by atoms with Crippen LogP contribution in [0.2, 0.25) is 0 Å². The first-order valence-electron chi connectivity index (χ1n) is 6.55. The number of nitrogens with one attached hydrogen (secondary N) is 1.